The minimum absolute atomic E-state index is 0.0566. The number of ketones is 1. The highest BCUT2D eigenvalue weighted by molar-refractivity contribution is 5.99. The van der Waals surface area contributed by atoms with Gasteiger partial charge in [0.05, 0.1) is 19.8 Å². The third-order valence-corrected chi connectivity index (χ3v) is 2.43. The fourth-order valence-corrected chi connectivity index (χ4v) is 1.52. The Morgan fingerprint density at radius 3 is 2.78 bits per heavy atom. The number of carbonyl (C=O) groups is 1. The molecule has 0 N–H and O–H groups in total. The predicted octanol–water partition coefficient (Wildman–Crippen LogP) is 2.98. The maximum absolute atomic E-state index is 12.0. The van der Waals surface area contributed by atoms with Crippen molar-refractivity contribution in [3.05, 3.63) is 34.2 Å². The lowest BCUT2D eigenvalue weighted by atomic mass is 10.1. The molecule has 0 amide bonds. The van der Waals surface area contributed by atoms with Crippen LogP contribution in [0.1, 0.15) is 23.2 Å². The van der Waals surface area contributed by atoms with Crippen molar-refractivity contribution in [3.8, 4) is 11.5 Å². The molecule has 96 valence electrons. The largest absolute Gasteiger partial charge is 0.497 e. The van der Waals surface area contributed by atoms with Gasteiger partial charge in [-0.05, 0) is 30.2 Å². The van der Waals surface area contributed by atoms with E-state index in [-0.39, 0.29) is 5.78 Å². The molecule has 0 saturated heterocycles. The summed E-state index contributed by atoms with van der Waals surface area (Å²) < 4.78 is 10.2. The van der Waals surface area contributed by atoms with Gasteiger partial charge in [-0.3, -0.25) is 4.79 Å². The molecule has 0 atom stereocenters. The van der Waals surface area contributed by atoms with Crippen LogP contribution in [0.2, 0.25) is 0 Å². The molecule has 0 spiro atoms. The number of hydrogen-bond donors (Lipinski definition) is 0. The van der Waals surface area contributed by atoms with Crippen LogP contribution in [0.25, 0.3) is 10.4 Å². The van der Waals surface area contributed by atoms with E-state index in [4.69, 9.17) is 15.0 Å². The second-order valence-electron chi connectivity index (χ2n) is 3.55. The van der Waals surface area contributed by atoms with Crippen LogP contribution in [0, 0.1) is 0 Å². The van der Waals surface area contributed by atoms with Crippen LogP contribution in [0.5, 0.6) is 11.5 Å². The summed E-state index contributed by atoms with van der Waals surface area (Å²) in [6.07, 6.45) is 0.825. The van der Waals surface area contributed by atoms with E-state index in [2.05, 4.69) is 10.0 Å². The van der Waals surface area contributed by atoms with Crippen molar-refractivity contribution >= 4 is 5.78 Å². The van der Waals surface area contributed by atoms with Gasteiger partial charge in [-0.25, -0.2) is 0 Å². The Bertz CT molecular complexity index is 468. The Balaban J connectivity index is 2.79. The monoisotopic (exact) mass is 249 g/mol. The van der Waals surface area contributed by atoms with E-state index in [1.807, 2.05) is 0 Å². The summed E-state index contributed by atoms with van der Waals surface area (Å²) in [5.74, 6) is 1.07. The quantitative estimate of drug-likeness (QED) is 0.245. The van der Waals surface area contributed by atoms with Crippen LogP contribution in [-0.4, -0.2) is 26.5 Å². The van der Waals surface area contributed by atoms with Crippen molar-refractivity contribution < 1.29 is 14.3 Å². The molecule has 6 heteroatoms. The molecule has 1 aromatic rings. The van der Waals surface area contributed by atoms with E-state index in [0.717, 1.165) is 0 Å². The first-order valence-corrected chi connectivity index (χ1v) is 5.49. The third kappa shape index (κ3) is 3.68. The summed E-state index contributed by atoms with van der Waals surface area (Å²) in [7, 11) is 3.05. The molecular weight excluding hydrogens is 234 g/mol. The van der Waals surface area contributed by atoms with Gasteiger partial charge in [0.25, 0.3) is 0 Å². The average Bonchev–Trinajstić information content (AvgIpc) is 2.42. The van der Waals surface area contributed by atoms with Gasteiger partial charge in [-0.1, -0.05) is 5.11 Å². The molecule has 0 radical (unpaired) electrons. The van der Waals surface area contributed by atoms with Gasteiger partial charge in [0, 0.05) is 17.9 Å². The number of benzene rings is 1. The number of Topliss-reactive ketones (excluding diaryl/α,β-unsaturated/α-hetero) is 1. The van der Waals surface area contributed by atoms with Crippen molar-refractivity contribution in [1.82, 2.24) is 0 Å². The molecule has 0 aliphatic heterocycles. The van der Waals surface area contributed by atoms with Crippen LogP contribution < -0.4 is 9.47 Å². The summed E-state index contributed by atoms with van der Waals surface area (Å²) >= 11 is 0. The van der Waals surface area contributed by atoms with Gasteiger partial charge >= 0.3 is 0 Å². The van der Waals surface area contributed by atoms with Crippen molar-refractivity contribution in [2.75, 3.05) is 20.8 Å². The van der Waals surface area contributed by atoms with E-state index in [1.165, 1.54) is 14.2 Å². The van der Waals surface area contributed by atoms with Crippen molar-refractivity contribution in [3.63, 3.8) is 0 Å². The second-order valence-corrected chi connectivity index (χ2v) is 3.55. The van der Waals surface area contributed by atoms with Gasteiger partial charge in [0.15, 0.2) is 5.78 Å². The van der Waals surface area contributed by atoms with Crippen LogP contribution >= 0.6 is 0 Å². The smallest absolute Gasteiger partial charge is 0.166 e. The maximum atomic E-state index is 12.0. The number of rotatable bonds is 7. The lowest BCUT2D eigenvalue weighted by Gasteiger charge is -2.09. The van der Waals surface area contributed by atoms with Crippen molar-refractivity contribution in [1.29, 1.82) is 0 Å². The van der Waals surface area contributed by atoms with Crippen LogP contribution in [-0.2, 0) is 0 Å². The fourth-order valence-electron chi connectivity index (χ4n) is 1.52. The topological polar surface area (TPSA) is 84.3 Å². The van der Waals surface area contributed by atoms with Gasteiger partial charge in [-0.2, -0.15) is 0 Å². The molecule has 0 saturated carbocycles. The van der Waals surface area contributed by atoms with Gasteiger partial charge in [0.1, 0.15) is 11.5 Å². The molecule has 0 aliphatic rings. The first kappa shape index (κ1) is 13.9. The number of azide groups is 1. The minimum atomic E-state index is -0.0566. The zero-order chi connectivity index (χ0) is 13.4. The maximum Gasteiger partial charge on any atom is 0.166 e. The van der Waals surface area contributed by atoms with Gasteiger partial charge in [-0.15, -0.1) is 0 Å². The van der Waals surface area contributed by atoms with Crippen LogP contribution in [0.3, 0.4) is 0 Å². The molecule has 0 unspecified atom stereocenters. The zero-order valence-corrected chi connectivity index (χ0v) is 10.4. The summed E-state index contributed by atoms with van der Waals surface area (Å²) in [6.45, 7) is 0.314. The van der Waals surface area contributed by atoms with E-state index in [0.29, 0.717) is 36.4 Å². The molecule has 1 aromatic carbocycles. The third-order valence-electron chi connectivity index (χ3n) is 2.43. The highest BCUT2D eigenvalue weighted by Crippen LogP contribution is 2.25. The number of ether oxygens (including phenoxy) is 2. The SMILES string of the molecule is COc1ccc(OC)c(C(=O)CCCN=[N+]=[N-])c1. The van der Waals surface area contributed by atoms with Crippen LogP contribution in [0.4, 0.5) is 0 Å². The highest BCUT2D eigenvalue weighted by Gasteiger charge is 2.12. The summed E-state index contributed by atoms with van der Waals surface area (Å²) in [6, 6.07) is 5.07. The van der Waals surface area contributed by atoms with E-state index >= 15 is 0 Å². The molecular formula is C12H15N3O3. The Morgan fingerprint density at radius 2 is 2.17 bits per heavy atom. The van der Waals surface area contributed by atoms with Crippen LogP contribution in [0.15, 0.2) is 23.3 Å². The van der Waals surface area contributed by atoms with Crippen molar-refractivity contribution in [2.45, 2.75) is 12.8 Å². The standard InChI is InChI=1S/C12H15N3O3/c1-17-9-5-6-12(18-2)10(8-9)11(16)4-3-7-14-15-13/h5-6,8H,3-4,7H2,1-2H3. The highest BCUT2D eigenvalue weighted by atomic mass is 16.5. The molecule has 0 bridgehead atoms. The average molecular weight is 249 g/mol. The fraction of sp³-hybridized carbons (Fsp3) is 0.417. The first-order chi connectivity index (χ1) is 8.72. The van der Waals surface area contributed by atoms with E-state index < -0.39 is 0 Å². The zero-order valence-electron chi connectivity index (χ0n) is 10.4. The van der Waals surface area contributed by atoms with E-state index in [1.54, 1.807) is 18.2 Å². The Morgan fingerprint density at radius 1 is 1.39 bits per heavy atom. The predicted molar refractivity (Wildman–Crippen MR) is 67.1 cm³/mol. The molecule has 18 heavy (non-hydrogen) atoms. The molecule has 0 aliphatic carbocycles. The van der Waals surface area contributed by atoms with Crippen molar-refractivity contribution in [2.24, 2.45) is 5.11 Å². The number of methoxy groups -OCH3 is 2. The molecule has 6 nitrogen and oxygen atoms in total. The summed E-state index contributed by atoms with van der Waals surface area (Å²) in [4.78, 5) is 14.6. The Kier molecular flexibility index (Phi) is 5.54. The lowest BCUT2D eigenvalue weighted by Crippen LogP contribution is -2.03. The number of carbonyl (C=O) groups excluding carboxylic acids is 1. The molecule has 0 aromatic heterocycles. The molecule has 0 heterocycles. The molecule has 1 rings (SSSR count). The number of hydrogen-bond acceptors (Lipinski definition) is 4. The summed E-state index contributed by atoms with van der Waals surface area (Å²) in [5.41, 5.74) is 8.62. The minimum Gasteiger partial charge on any atom is -0.497 e. The first-order valence-electron chi connectivity index (χ1n) is 5.49. The van der Waals surface area contributed by atoms with E-state index in [9.17, 15) is 4.79 Å². The second kappa shape index (κ2) is 7.19. The van der Waals surface area contributed by atoms with Gasteiger partial charge < -0.3 is 9.47 Å². The number of nitrogens with zero attached hydrogens (tertiary/aromatic N) is 3. The Labute approximate surface area is 105 Å². The lowest BCUT2D eigenvalue weighted by molar-refractivity contribution is 0.0977. The summed E-state index contributed by atoms with van der Waals surface area (Å²) in [5, 5.41) is 3.39. The normalized spacial score (nSPS) is 9.44. The molecule has 0 fully saturated rings. The van der Waals surface area contributed by atoms with Gasteiger partial charge in [0.2, 0.25) is 0 Å². The Hall–Kier alpha value is -2.20.